The third-order valence-electron chi connectivity index (χ3n) is 3.79. The number of esters is 1. The highest BCUT2D eigenvalue weighted by Gasteiger charge is 2.31. The van der Waals surface area contributed by atoms with Gasteiger partial charge in [0.05, 0.1) is 18.2 Å². The van der Waals surface area contributed by atoms with Crippen LogP contribution in [-0.2, 0) is 24.0 Å². The second-order valence-corrected chi connectivity index (χ2v) is 5.19. The average Bonchev–Trinajstić information content (AvgIpc) is 2.97. The van der Waals surface area contributed by atoms with Crippen LogP contribution in [0.25, 0.3) is 0 Å². The van der Waals surface area contributed by atoms with Crippen LogP contribution in [0, 0.1) is 0 Å². The molecule has 0 fully saturated rings. The molecular weight excluding hydrogens is 309 g/mol. The fourth-order valence-electron chi connectivity index (χ4n) is 2.63. The molecule has 0 bridgehead atoms. The Kier molecular flexibility index (Phi) is 3.71. The minimum absolute atomic E-state index is 0.402. The van der Waals surface area contributed by atoms with Crippen molar-refractivity contribution in [3.05, 3.63) is 58.8 Å². The van der Waals surface area contributed by atoms with Gasteiger partial charge in [-0.3, -0.25) is 0 Å². The molecule has 2 aromatic rings. The van der Waals surface area contributed by atoms with Gasteiger partial charge in [-0.1, -0.05) is 12.1 Å². The number of halogens is 3. The Morgan fingerprint density at radius 1 is 1.22 bits per heavy atom. The van der Waals surface area contributed by atoms with Crippen molar-refractivity contribution in [3.8, 4) is 0 Å². The second-order valence-electron chi connectivity index (χ2n) is 5.19. The van der Waals surface area contributed by atoms with Gasteiger partial charge in [-0.2, -0.15) is 13.2 Å². The minimum atomic E-state index is -4.41. The zero-order valence-electron chi connectivity index (χ0n) is 12.2. The molecule has 0 saturated heterocycles. The number of benzene rings is 1. The predicted octanol–water partition coefficient (Wildman–Crippen LogP) is 3.41. The lowest BCUT2D eigenvalue weighted by Crippen LogP contribution is -2.17. The number of rotatable bonds is 2. The zero-order valence-corrected chi connectivity index (χ0v) is 12.2. The van der Waals surface area contributed by atoms with E-state index in [0.717, 1.165) is 23.4 Å². The molecule has 0 aliphatic carbocycles. The van der Waals surface area contributed by atoms with Crippen molar-refractivity contribution in [2.75, 3.05) is 12.0 Å². The van der Waals surface area contributed by atoms with Gasteiger partial charge in [0.15, 0.2) is 0 Å². The smallest absolute Gasteiger partial charge is 0.417 e. The molecular formula is C16H13F3N2O2. The molecule has 0 N–H and O–H groups in total. The summed E-state index contributed by atoms with van der Waals surface area (Å²) in [4.78, 5) is 17.5. The largest absolute Gasteiger partial charge is 0.465 e. The zero-order chi connectivity index (χ0) is 16.6. The lowest BCUT2D eigenvalue weighted by molar-refractivity contribution is -0.137. The van der Waals surface area contributed by atoms with E-state index in [4.69, 9.17) is 4.74 Å². The lowest BCUT2D eigenvalue weighted by Gasteiger charge is -2.17. The number of methoxy groups -OCH3 is 1. The van der Waals surface area contributed by atoms with Gasteiger partial charge < -0.3 is 9.64 Å². The Balaban J connectivity index is 1.86. The van der Waals surface area contributed by atoms with E-state index in [1.54, 1.807) is 12.1 Å². The summed E-state index contributed by atoms with van der Waals surface area (Å²) < 4.78 is 42.5. The Bertz CT molecular complexity index is 742. The molecule has 7 heteroatoms. The molecule has 0 spiro atoms. The first-order valence-electron chi connectivity index (χ1n) is 6.87. The molecule has 120 valence electrons. The maximum Gasteiger partial charge on any atom is 0.417 e. The van der Waals surface area contributed by atoms with Crippen molar-refractivity contribution in [2.45, 2.75) is 19.3 Å². The van der Waals surface area contributed by atoms with E-state index >= 15 is 0 Å². The molecule has 0 atom stereocenters. The van der Waals surface area contributed by atoms with Gasteiger partial charge in [0.25, 0.3) is 0 Å². The van der Waals surface area contributed by atoms with Crippen LogP contribution in [-0.4, -0.2) is 18.1 Å². The maximum absolute atomic E-state index is 12.6. The fraction of sp³-hybridized carbons (Fsp3) is 0.250. The number of hydrogen-bond donors (Lipinski definition) is 0. The molecule has 1 aliphatic rings. The molecule has 4 nitrogen and oxygen atoms in total. The first-order valence-corrected chi connectivity index (χ1v) is 6.87. The van der Waals surface area contributed by atoms with E-state index < -0.39 is 17.7 Å². The number of anilines is 1. The van der Waals surface area contributed by atoms with Gasteiger partial charge in [0, 0.05) is 19.3 Å². The highest BCUT2D eigenvalue weighted by atomic mass is 19.4. The average molecular weight is 322 g/mol. The van der Waals surface area contributed by atoms with Crippen molar-refractivity contribution < 1.29 is 22.7 Å². The van der Waals surface area contributed by atoms with Crippen LogP contribution in [0.15, 0.2) is 36.5 Å². The van der Waals surface area contributed by atoms with Crippen molar-refractivity contribution in [1.82, 2.24) is 4.98 Å². The summed E-state index contributed by atoms with van der Waals surface area (Å²) in [5, 5.41) is 0. The Morgan fingerprint density at radius 3 is 2.61 bits per heavy atom. The maximum atomic E-state index is 12.6. The first kappa shape index (κ1) is 15.3. The number of fused-ring (bicyclic) bond motifs is 1. The number of hydrogen-bond acceptors (Lipinski definition) is 4. The summed E-state index contributed by atoms with van der Waals surface area (Å²) >= 11 is 0. The minimum Gasteiger partial charge on any atom is -0.465 e. The fourth-order valence-corrected chi connectivity index (χ4v) is 2.63. The van der Waals surface area contributed by atoms with E-state index in [1.165, 1.54) is 13.2 Å². The van der Waals surface area contributed by atoms with Crippen LogP contribution < -0.4 is 4.90 Å². The van der Waals surface area contributed by atoms with Crippen molar-refractivity contribution in [1.29, 1.82) is 0 Å². The van der Waals surface area contributed by atoms with Gasteiger partial charge in [-0.05, 0) is 29.3 Å². The Hall–Kier alpha value is -2.57. The molecule has 0 unspecified atom stereocenters. The monoisotopic (exact) mass is 322 g/mol. The molecule has 1 aromatic heterocycles. The van der Waals surface area contributed by atoms with Crippen LogP contribution in [0.2, 0.25) is 0 Å². The van der Waals surface area contributed by atoms with Crippen LogP contribution in [0.5, 0.6) is 0 Å². The van der Waals surface area contributed by atoms with E-state index in [-0.39, 0.29) is 0 Å². The summed E-state index contributed by atoms with van der Waals surface area (Å²) in [5.41, 5.74) is 1.45. The SMILES string of the molecule is COC(=O)c1cccc2c1CN(c1ccc(C(F)(F)F)cn1)C2. The number of alkyl halides is 3. The van der Waals surface area contributed by atoms with Crippen molar-refractivity contribution in [3.63, 3.8) is 0 Å². The van der Waals surface area contributed by atoms with Crippen molar-refractivity contribution in [2.24, 2.45) is 0 Å². The van der Waals surface area contributed by atoms with Gasteiger partial charge in [-0.15, -0.1) is 0 Å². The first-order chi connectivity index (χ1) is 10.9. The molecule has 3 rings (SSSR count). The quantitative estimate of drug-likeness (QED) is 0.795. The number of aromatic nitrogens is 1. The Morgan fingerprint density at radius 2 is 2.00 bits per heavy atom. The molecule has 1 aliphatic heterocycles. The molecule has 23 heavy (non-hydrogen) atoms. The molecule has 0 saturated carbocycles. The predicted molar refractivity (Wildman–Crippen MR) is 76.9 cm³/mol. The van der Waals surface area contributed by atoms with Crippen LogP contribution in [0.4, 0.5) is 19.0 Å². The number of carbonyl (C=O) groups is 1. The van der Waals surface area contributed by atoms with Gasteiger partial charge >= 0.3 is 12.1 Å². The molecule has 1 aromatic carbocycles. The van der Waals surface area contributed by atoms with Crippen LogP contribution in [0.1, 0.15) is 27.0 Å². The standard InChI is InChI=1S/C16H13F3N2O2/c1-23-15(22)12-4-2-3-10-8-21(9-13(10)12)14-6-5-11(7-20-14)16(17,18)19/h2-7H,8-9H2,1H3. The van der Waals surface area contributed by atoms with Gasteiger partial charge in [0.1, 0.15) is 5.82 Å². The van der Waals surface area contributed by atoms with Crippen molar-refractivity contribution >= 4 is 11.8 Å². The topological polar surface area (TPSA) is 42.4 Å². The van der Waals surface area contributed by atoms with Gasteiger partial charge in [0.2, 0.25) is 0 Å². The van der Waals surface area contributed by atoms with E-state index in [9.17, 15) is 18.0 Å². The normalized spacial score (nSPS) is 13.8. The van der Waals surface area contributed by atoms with Gasteiger partial charge in [-0.25, -0.2) is 9.78 Å². The highest BCUT2D eigenvalue weighted by Crippen LogP contribution is 2.32. The highest BCUT2D eigenvalue weighted by molar-refractivity contribution is 5.91. The summed E-state index contributed by atoms with van der Waals surface area (Å²) in [5.74, 6) is 0.00842. The molecule has 2 heterocycles. The number of nitrogens with zero attached hydrogens (tertiary/aromatic N) is 2. The van der Waals surface area contributed by atoms with E-state index in [1.807, 2.05) is 11.0 Å². The van der Waals surface area contributed by atoms with E-state index in [0.29, 0.717) is 24.5 Å². The summed E-state index contributed by atoms with van der Waals surface area (Å²) in [6.45, 7) is 0.886. The summed E-state index contributed by atoms with van der Waals surface area (Å²) in [6.07, 6.45) is -3.59. The number of pyridine rings is 1. The molecule has 0 radical (unpaired) electrons. The number of ether oxygens (including phenoxy) is 1. The summed E-state index contributed by atoms with van der Waals surface area (Å²) in [7, 11) is 1.31. The van der Waals surface area contributed by atoms with Crippen LogP contribution in [0.3, 0.4) is 0 Å². The van der Waals surface area contributed by atoms with Crippen LogP contribution >= 0.6 is 0 Å². The third kappa shape index (κ3) is 2.86. The Labute approximate surface area is 130 Å². The van der Waals surface area contributed by atoms with E-state index in [2.05, 4.69) is 4.98 Å². The molecule has 0 amide bonds. The number of carbonyl (C=O) groups excluding carboxylic acids is 1. The summed E-state index contributed by atoms with van der Waals surface area (Å²) in [6, 6.07) is 7.66. The second kappa shape index (κ2) is 5.57. The third-order valence-corrected chi connectivity index (χ3v) is 3.79. The lowest BCUT2D eigenvalue weighted by atomic mass is 10.0.